The van der Waals surface area contributed by atoms with Crippen LogP contribution in [0.5, 0.6) is 0 Å². The number of ether oxygens (including phenoxy) is 3. The van der Waals surface area contributed by atoms with Crippen LogP contribution in [0.15, 0.2) is 12.7 Å². The minimum absolute atomic E-state index is 0.0411. The predicted octanol–water partition coefficient (Wildman–Crippen LogP) is 1.66. The quantitative estimate of drug-likeness (QED) is 0.364. The molecule has 0 rings (SSSR count). The van der Waals surface area contributed by atoms with Crippen molar-refractivity contribution in [1.82, 2.24) is 0 Å². The normalized spacial score (nSPS) is 11.8. The summed E-state index contributed by atoms with van der Waals surface area (Å²) in [6, 6.07) is 0. The van der Waals surface area contributed by atoms with E-state index in [4.69, 9.17) is 4.74 Å². The lowest BCUT2D eigenvalue weighted by Gasteiger charge is -2.06. The second-order valence-corrected chi connectivity index (χ2v) is 2.12. The molecule has 0 heterocycles. The van der Waals surface area contributed by atoms with Crippen LogP contribution in [0.4, 0.5) is 9.18 Å². The summed E-state index contributed by atoms with van der Waals surface area (Å²) in [4.78, 5) is 10.5. The minimum atomic E-state index is -1.65. The molecule has 0 N–H and O–H groups in total. The molecule has 0 aromatic heterocycles. The molecule has 0 radical (unpaired) electrons. The summed E-state index contributed by atoms with van der Waals surface area (Å²) >= 11 is 0. The maximum Gasteiger partial charge on any atom is 0.510 e. The molecule has 0 bridgehead atoms. The van der Waals surface area contributed by atoms with Crippen LogP contribution in [-0.2, 0) is 14.2 Å². The van der Waals surface area contributed by atoms with Gasteiger partial charge < -0.3 is 14.2 Å². The third-order valence-electron chi connectivity index (χ3n) is 0.942. The van der Waals surface area contributed by atoms with Crippen molar-refractivity contribution in [1.29, 1.82) is 0 Å². The predicted molar refractivity (Wildman–Crippen MR) is 44.0 cm³/mol. The van der Waals surface area contributed by atoms with Gasteiger partial charge in [-0.25, -0.2) is 9.18 Å². The Morgan fingerprint density at radius 2 is 2.31 bits per heavy atom. The van der Waals surface area contributed by atoms with Gasteiger partial charge in [-0.05, 0) is 0 Å². The van der Waals surface area contributed by atoms with Crippen molar-refractivity contribution in [3.8, 4) is 0 Å². The zero-order valence-electron chi connectivity index (χ0n) is 7.49. The average Bonchev–Trinajstić information content (AvgIpc) is 2.02. The molecule has 0 saturated carbocycles. The monoisotopic (exact) mass is 192 g/mol. The van der Waals surface area contributed by atoms with Crippen LogP contribution in [0.2, 0.25) is 0 Å². The standard InChI is InChI=1S/C8H13FO4/c1-3-4-11-5-6-12-8(10)13-7(2)9/h3,7H,1,4-6H2,2H3. The molecule has 0 aliphatic carbocycles. The third kappa shape index (κ3) is 8.81. The Morgan fingerprint density at radius 3 is 2.85 bits per heavy atom. The van der Waals surface area contributed by atoms with Crippen molar-refractivity contribution in [2.24, 2.45) is 0 Å². The fourth-order valence-corrected chi connectivity index (χ4v) is 0.517. The largest absolute Gasteiger partial charge is 0.510 e. The number of hydrogen-bond acceptors (Lipinski definition) is 4. The number of alkyl halides is 1. The Kier molecular flexibility index (Phi) is 6.91. The molecule has 76 valence electrons. The van der Waals surface area contributed by atoms with Gasteiger partial charge in [0.15, 0.2) is 0 Å². The van der Waals surface area contributed by atoms with Crippen LogP contribution < -0.4 is 0 Å². The highest BCUT2D eigenvalue weighted by Crippen LogP contribution is 1.94. The zero-order valence-corrected chi connectivity index (χ0v) is 7.49. The maximum absolute atomic E-state index is 12.0. The lowest BCUT2D eigenvalue weighted by molar-refractivity contribution is -0.0286. The van der Waals surface area contributed by atoms with E-state index in [1.165, 1.54) is 0 Å². The first-order chi connectivity index (χ1) is 6.16. The van der Waals surface area contributed by atoms with E-state index < -0.39 is 12.5 Å². The third-order valence-corrected chi connectivity index (χ3v) is 0.942. The topological polar surface area (TPSA) is 44.8 Å². The van der Waals surface area contributed by atoms with Gasteiger partial charge in [-0.15, -0.1) is 6.58 Å². The molecule has 1 unspecified atom stereocenters. The van der Waals surface area contributed by atoms with Gasteiger partial charge in [0.2, 0.25) is 6.36 Å². The molecule has 13 heavy (non-hydrogen) atoms. The lowest BCUT2D eigenvalue weighted by atomic mass is 10.7. The van der Waals surface area contributed by atoms with Crippen LogP contribution >= 0.6 is 0 Å². The number of hydrogen-bond donors (Lipinski definition) is 0. The Balaban J connectivity index is 3.22. The summed E-state index contributed by atoms with van der Waals surface area (Å²) in [5.74, 6) is 0. The first-order valence-electron chi connectivity index (χ1n) is 3.83. The van der Waals surface area contributed by atoms with Gasteiger partial charge in [0, 0.05) is 6.92 Å². The summed E-state index contributed by atoms with van der Waals surface area (Å²) in [5.41, 5.74) is 0. The van der Waals surface area contributed by atoms with Gasteiger partial charge in [0.25, 0.3) is 0 Å². The van der Waals surface area contributed by atoms with E-state index in [0.717, 1.165) is 6.92 Å². The number of rotatable bonds is 6. The zero-order chi connectivity index (χ0) is 10.1. The van der Waals surface area contributed by atoms with E-state index in [1.807, 2.05) is 0 Å². The van der Waals surface area contributed by atoms with Gasteiger partial charge in [0.05, 0.1) is 13.2 Å². The molecule has 0 aliphatic rings. The minimum Gasteiger partial charge on any atom is -0.432 e. The van der Waals surface area contributed by atoms with E-state index in [-0.39, 0.29) is 13.2 Å². The van der Waals surface area contributed by atoms with Crippen LogP contribution in [-0.4, -0.2) is 32.3 Å². The van der Waals surface area contributed by atoms with Crippen LogP contribution in [0.1, 0.15) is 6.92 Å². The molecule has 0 spiro atoms. The highest BCUT2D eigenvalue weighted by molar-refractivity contribution is 5.59. The van der Waals surface area contributed by atoms with E-state index >= 15 is 0 Å². The summed E-state index contributed by atoms with van der Waals surface area (Å²) < 4.78 is 25.4. The maximum atomic E-state index is 12.0. The first kappa shape index (κ1) is 11.9. The Hall–Kier alpha value is -1.10. The summed E-state index contributed by atoms with van der Waals surface area (Å²) in [6.07, 6.45) is -1.11. The molecule has 0 aromatic carbocycles. The first-order valence-corrected chi connectivity index (χ1v) is 3.83. The molecule has 0 saturated heterocycles. The van der Waals surface area contributed by atoms with E-state index in [1.54, 1.807) is 6.08 Å². The van der Waals surface area contributed by atoms with Gasteiger partial charge in [-0.3, -0.25) is 0 Å². The van der Waals surface area contributed by atoms with Crippen molar-refractivity contribution in [3.63, 3.8) is 0 Å². The number of carbonyl (C=O) groups is 1. The Labute approximate surface area is 76.3 Å². The van der Waals surface area contributed by atoms with Crippen LogP contribution in [0.3, 0.4) is 0 Å². The van der Waals surface area contributed by atoms with Crippen molar-refractivity contribution in [3.05, 3.63) is 12.7 Å². The smallest absolute Gasteiger partial charge is 0.432 e. The van der Waals surface area contributed by atoms with Crippen molar-refractivity contribution < 1.29 is 23.4 Å². The second-order valence-electron chi connectivity index (χ2n) is 2.12. The fraction of sp³-hybridized carbons (Fsp3) is 0.625. The van der Waals surface area contributed by atoms with Crippen molar-refractivity contribution >= 4 is 6.16 Å². The SMILES string of the molecule is C=CCOCCOC(=O)OC(C)F. The molecule has 0 fully saturated rings. The van der Waals surface area contributed by atoms with E-state index in [2.05, 4.69) is 16.1 Å². The Bertz CT molecular complexity index is 158. The summed E-state index contributed by atoms with van der Waals surface area (Å²) in [7, 11) is 0. The average molecular weight is 192 g/mol. The van der Waals surface area contributed by atoms with Crippen LogP contribution in [0, 0.1) is 0 Å². The van der Waals surface area contributed by atoms with Crippen LogP contribution in [0.25, 0.3) is 0 Å². The van der Waals surface area contributed by atoms with Crippen molar-refractivity contribution in [2.75, 3.05) is 19.8 Å². The number of carbonyl (C=O) groups excluding carboxylic acids is 1. The van der Waals surface area contributed by atoms with Gasteiger partial charge in [-0.1, -0.05) is 6.08 Å². The molecule has 0 aliphatic heterocycles. The van der Waals surface area contributed by atoms with Crippen molar-refractivity contribution in [2.45, 2.75) is 13.3 Å². The second kappa shape index (κ2) is 7.54. The van der Waals surface area contributed by atoms with Gasteiger partial charge >= 0.3 is 6.16 Å². The van der Waals surface area contributed by atoms with E-state index in [0.29, 0.717) is 6.61 Å². The Morgan fingerprint density at radius 1 is 1.62 bits per heavy atom. The summed E-state index contributed by atoms with van der Waals surface area (Å²) in [5, 5.41) is 0. The fourth-order valence-electron chi connectivity index (χ4n) is 0.517. The number of halogens is 1. The molecule has 0 aromatic rings. The molecule has 1 atom stereocenters. The molecule has 0 amide bonds. The molecule has 4 nitrogen and oxygen atoms in total. The summed E-state index contributed by atoms with van der Waals surface area (Å²) in [6.45, 7) is 5.18. The molecular formula is C8H13FO4. The van der Waals surface area contributed by atoms with Gasteiger partial charge in [-0.2, -0.15) is 0 Å². The molecule has 5 heteroatoms. The van der Waals surface area contributed by atoms with E-state index in [9.17, 15) is 9.18 Å². The molecular weight excluding hydrogens is 179 g/mol. The lowest BCUT2D eigenvalue weighted by Crippen LogP contribution is -2.15. The highest BCUT2D eigenvalue weighted by Gasteiger charge is 2.07. The van der Waals surface area contributed by atoms with Gasteiger partial charge in [0.1, 0.15) is 6.61 Å². The highest BCUT2D eigenvalue weighted by atomic mass is 19.1.